The molecule has 5 rings (SSSR count). The molecule has 1 aliphatic carbocycles. The number of allylic oxidation sites excluding steroid dienone is 3. The monoisotopic (exact) mass is 440 g/mol. The Morgan fingerprint density at radius 3 is 2.70 bits per heavy atom. The van der Waals surface area contributed by atoms with E-state index in [2.05, 4.69) is 20.6 Å². The molecule has 0 aromatic carbocycles. The van der Waals surface area contributed by atoms with Crippen molar-refractivity contribution in [3.05, 3.63) is 101 Å². The highest BCUT2D eigenvalue weighted by atomic mass is 16.3. The van der Waals surface area contributed by atoms with Crippen molar-refractivity contribution in [1.82, 2.24) is 15.3 Å². The molecule has 3 aromatic heterocycles. The number of furan rings is 1. The summed E-state index contributed by atoms with van der Waals surface area (Å²) in [5, 5.41) is 6.25. The van der Waals surface area contributed by atoms with Gasteiger partial charge >= 0.3 is 0 Å². The van der Waals surface area contributed by atoms with Crippen LogP contribution in [0.15, 0.2) is 88.2 Å². The first-order valence-electron chi connectivity index (χ1n) is 10.9. The number of hydrogen-bond donors (Lipinski definition) is 2. The van der Waals surface area contributed by atoms with Crippen molar-refractivity contribution in [3.63, 3.8) is 0 Å². The molecule has 0 bridgehead atoms. The summed E-state index contributed by atoms with van der Waals surface area (Å²) in [5.41, 5.74) is 4.47. The number of carbonyl (C=O) groups excluding carboxylic acids is 2. The minimum absolute atomic E-state index is 0.00487. The number of pyridine rings is 2. The van der Waals surface area contributed by atoms with Crippen molar-refractivity contribution in [1.29, 1.82) is 0 Å². The van der Waals surface area contributed by atoms with Crippen molar-refractivity contribution < 1.29 is 14.0 Å². The Kier molecular flexibility index (Phi) is 5.38. The molecule has 0 saturated heterocycles. The number of carbonyl (C=O) groups is 2. The van der Waals surface area contributed by atoms with Crippen LogP contribution in [0.3, 0.4) is 0 Å². The number of nitrogens with zero attached hydrogens (tertiary/aromatic N) is 2. The fourth-order valence-corrected chi connectivity index (χ4v) is 4.67. The first-order valence-corrected chi connectivity index (χ1v) is 10.9. The summed E-state index contributed by atoms with van der Waals surface area (Å²) in [5.74, 6) is 0.426. The van der Waals surface area contributed by atoms with E-state index in [1.54, 1.807) is 30.9 Å². The Morgan fingerprint density at radius 2 is 2.00 bits per heavy atom. The molecule has 0 saturated carbocycles. The molecule has 1 aliphatic heterocycles. The van der Waals surface area contributed by atoms with E-state index in [-0.39, 0.29) is 17.6 Å². The number of nitrogens with one attached hydrogen (secondary N) is 2. The normalized spacial score (nSPS) is 20.4. The van der Waals surface area contributed by atoms with E-state index in [0.717, 1.165) is 22.6 Å². The van der Waals surface area contributed by atoms with E-state index in [0.29, 0.717) is 35.5 Å². The molecular weight excluding hydrogens is 416 g/mol. The van der Waals surface area contributed by atoms with Crippen molar-refractivity contribution in [2.45, 2.75) is 38.5 Å². The van der Waals surface area contributed by atoms with Gasteiger partial charge in [-0.2, -0.15) is 0 Å². The third-order valence-electron chi connectivity index (χ3n) is 6.19. The number of dihydropyridines is 1. The zero-order valence-electron chi connectivity index (χ0n) is 18.5. The van der Waals surface area contributed by atoms with Crippen LogP contribution in [0, 0.1) is 6.92 Å². The zero-order chi connectivity index (χ0) is 22.9. The summed E-state index contributed by atoms with van der Waals surface area (Å²) in [6, 6.07) is 11.1. The van der Waals surface area contributed by atoms with Gasteiger partial charge in [0.2, 0.25) is 0 Å². The Balaban J connectivity index is 1.54. The number of aromatic nitrogens is 2. The molecule has 7 heteroatoms. The fourth-order valence-electron chi connectivity index (χ4n) is 4.67. The molecule has 3 aromatic rings. The molecule has 4 heterocycles. The van der Waals surface area contributed by atoms with Crippen LogP contribution in [0.4, 0.5) is 5.82 Å². The standard InChI is InChI=1S/C26H24N4O3/c1-15-7-8-22(28-13-15)30-26(32)23-16(2)29-19-11-18(21-6-4-10-33-21)12-20(31)25(19)24(23)17-5-3-9-27-14-17/h3-10,13-14,18,24,29H,11-12H2,1-2H3,(H,28,30,32). The molecule has 2 N–H and O–H groups in total. The number of ketones is 1. The predicted octanol–water partition coefficient (Wildman–Crippen LogP) is 4.38. The summed E-state index contributed by atoms with van der Waals surface area (Å²) in [6.07, 6.45) is 7.70. The second kappa shape index (κ2) is 8.50. The van der Waals surface area contributed by atoms with E-state index in [1.165, 1.54) is 0 Å². The second-order valence-electron chi connectivity index (χ2n) is 8.49. The van der Waals surface area contributed by atoms with Gasteiger partial charge in [0.25, 0.3) is 5.91 Å². The molecule has 33 heavy (non-hydrogen) atoms. The van der Waals surface area contributed by atoms with E-state index in [9.17, 15) is 9.59 Å². The molecule has 1 amide bonds. The Morgan fingerprint density at radius 1 is 1.12 bits per heavy atom. The minimum Gasteiger partial charge on any atom is -0.469 e. The summed E-state index contributed by atoms with van der Waals surface area (Å²) < 4.78 is 5.58. The number of anilines is 1. The van der Waals surface area contributed by atoms with Crippen LogP contribution >= 0.6 is 0 Å². The van der Waals surface area contributed by atoms with Crippen LogP contribution in [0.1, 0.15) is 48.5 Å². The first-order chi connectivity index (χ1) is 16.0. The number of aryl methyl sites for hydroxylation is 1. The molecular formula is C26H24N4O3. The van der Waals surface area contributed by atoms with Gasteiger partial charge in [-0.05, 0) is 55.7 Å². The molecule has 2 atom stereocenters. The van der Waals surface area contributed by atoms with Gasteiger partial charge < -0.3 is 15.1 Å². The number of Topliss-reactive ketones (excluding diaryl/α,β-unsaturated/α-hetero) is 1. The van der Waals surface area contributed by atoms with Gasteiger partial charge in [-0.3, -0.25) is 14.6 Å². The van der Waals surface area contributed by atoms with Crippen LogP contribution in [-0.2, 0) is 9.59 Å². The number of rotatable bonds is 4. The first kappa shape index (κ1) is 20.9. The van der Waals surface area contributed by atoms with Crippen LogP contribution in [0.25, 0.3) is 0 Å². The van der Waals surface area contributed by atoms with Crippen molar-refractivity contribution in [2.75, 3.05) is 5.32 Å². The highest BCUT2D eigenvalue weighted by Crippen LogP contribution is 2.45. The molecule has 7 nitrogen and oxygen atoms in total. The van der Waals surface area contributed by atoms with Crippen LogP contribution in [0.2, 0.25) is 0 Å². The van der Waals surface area contributed by atoms with E-state index in [1.807, 2.05) is 44.2 Å². The van der Waals surface area contributed by atoms with Gasteiger partial charge in [0.1, 0.15) is 11.6 Å². The third-order valence-corrected chi connectivity index (χ3v) is 6.19. The lowest BCUT2D eigenvalue weighted by Gasteiger charge is -2.36. The van der Waals surface area contributed by atoms with Gasteiger partial charge in [-0.1, -0.05) is 12.1 Å². The maximum absolute atomic E-state index is 13.5. The molecule has 0 spiro atoms. The molecule has 0 fully saturated rings. The predicted molar refractivity (Wildman–Crippen MR) is 123 cm³/mol. The molecule has 166 valence electrons. The van der Waals surface area contributed by atoms with Crippen molar-refractivity contribution >= 4 is 17.5 Å². The Labute approximate surface area is 191 Å². The molecule has 2 unspecified atom stereocenters. The van der Waals surface area contributed by atoms with Gasteiger partial charge in [0, 0.05) is 59.4 Å². The van der Waals surface area contributed by atoms with Crippen molar-refractivity contribution in [3.8, 4) is 0 Å². The highest BCUT2D eigenvalue weighted by molar-refractivity contribution is 6.09. The largest absolute Gasteiger partial charge is 0.469 e. The van der Waals surface area contributed by atoms with Crippen LogP contribution in [0.5, 0.6) is 0 Å². The topological polar surface area (TPSA) is 97.1 Å². The number of hydrogen-bond acceptors (Lipinski definition) is 6. The van der Waals surface area contributed by atoms with Crippen molar-refractivity contribution in [2.24, 2.45) is 0 Å². The summed E-state index contributed by atoms with van der Waals surface area (Å²) in [4.78, 5) is 35.5. The maximum Gasteiger partial charge on any atom is 0.255 e. The zero-order valence-corrected chi connectivity index (χ0v) is 18.5. The second-order valence-corrected chi connectivity index (χ2v) is 8.49. The lowest BCUT2D eigenvalue weighted by Crippen LogP contribution is -2.37. The molecule has 2 aliphatic rings. The lowest BCUT2D eigenvalue weighted by atomic mass is 9.72. The minimum atomic E-state index is -0.509. The maximum atomic E-state index is 13.5. The average molecular weight is 441 g/mol. The number of amides is 1. The van der Waals surface area contributed by atoms with E-state index < -0.39 is 5.92 Å². The summed E-state index contributed by atoms with van der Waals surface area (Å²) in [6.45, 7) is 3.80. The van der Waals surface area contributed by atoms with Gasteiger partial charge in [-0.15, -0.1) is 0 Å². The average Bonchev–Trinajstić information content (AvgIpc) is 3.35. The van der Waals surface area contributed by atoms with E-state index >= 15 is 0 Å². The smallest absolute Gasteiger partial charge is 0.255 e. The molecule has 0 radical (unpaired) electrons. The van der Waals surface area contributed by atoms with E-state index in [4.69, 9.17) is 4.42 Å². The Bertz CT molecular complexity index is 1260. The van der Waals surface area contributed by atoms with Crippen LogP contribution < -0.4 is 10.6 Å². The van der Waals surface area contributed by atoms with Gasteiger partial charge in [0.15, 0.2) is 5.78 Å². The highest BCUT2D eigenvalue weighted by Gasteiger charge is 2.41. The van der Waals surface area contributed by atoms with Gasteiger partial charge in [0.05, 0.1) is 6.26 Å². The Hall–Kier alpha value is -4.00. The van der Waals surface area contributed by atoms with Crippen LogP contribution in [-0.4, -0.2) is 21.7 Å². The fraction of sp³-hybridized carbons (Fsp3) is 0.231. The quantitative estimate of drug-likeness (QED) is 0.625. The summed E-state index contributed by atoms with van der Waals surface area (Å²) >= 11 is 0. The summed E-state index contributed by atoms with van der Waals surface area (Å²) in [7, 11) is 0. The lowest BCUT2D eigenvalue weighted by molar-refractivity contribution is -0.116. The third kappa shape index (κ3) is 3.98. The van der Waals surface area contributed by atoms with Gasteiger partial charge in [-0.25, -0.2) is 4.98 Å². The SMILES string of the molecule is CC1=C(C(=O)Nc2ccc(C)cn2)C(c2cccnc2)C2=C(CC(c3ccco3)CC2=O)N1.